The molecule has 3 aromatic rings. The van der Waals surface area contributed by atoms with Crippen LogP contribution in [0.1, 0.15) is 26.4 Å². The van der Waals surface area contributed by atoms with E-state index in [0.717, 1.165) is 10.9 Å². The van der Waals surface area contributed by atoms with Gasteiger partial charge >= 0.3 is 5.97 Å². The Hall–Kier alpha value is -3.78. The molecule has 0 bridgehead atoms. The molecule has 0 unspecified atom stereocenters. The second kappa shape index (κ2) is 9.62. The lowest BCUT2D eigenvalue weighted by Gasteiger charge is -2.11. The van der Waals surface area contributed by atoms with E-state index in [1.54, 1.807) is 18.2 Å². The molecule has 2 N–H and O–H groups in total. The third-order valence-corrected chi connectivity index (χ3v) is 4.26. The highest BCUT2D eigenvalue weighted by Crippen LogP contribution is 2.17. The molecule has 8 nitrogen and oxygen atoms in total. The van der Waals surface area contributed by atoms with Crippen LogP contribution < -0.4 is 10.6 Å². The summed E-state index contributed by atoms with van der Waals surface area (Å²) >= 11 is 0. The molecule has 0 aliphatic carbocycles. The maximum absolute atomic E-state index is 12.5. The van der Waals surface area contributed by atoms with Crippen LogP contribution in [0.2, 0.25) is 0 Å². The van der Waals surface area contributed by atoms with Gasteiger partial charge in [0.25, 0.3) is 5.91 Å². The molecule has 0 saturated heterocycles. The lowest BCUT2D eigenvalue weighted by Crippen LogP contribution is -2.24. The summed E-state index contributed by atoms with van der Waals surface area (Å²) in [7, 11) is 2.68. The molecule has 30 heavy (non-hydrogen) atoms. The van der Waals surface area contributed by atoms with Crippen molar-refractivity contribution in [2.75, 3.05) is 26.1 Å². The fourth-order valence-electron chi connectivity index (χ4n) is 2.90. The zero-order valence-corrected chi connectivity index (χ0v) is 16.6. The summed E-state index contributed by atoms with van der Waals surface area (Å²) in [5.41, 5.74) is 2.26. The van der Waals surface area contributed by atoms with Crippen molar-refractivity contribution in [2.24, 2.45) is 0 Å². The Kier molecular flexibility index (Phi) is 6.71. The summed E-state index contributed by atoms with van der Waals surface area (Å²) < 4.78 is 9.56. The van der Waals surface area contributed by atoms with Gasteiger partial charge < -0.3 is 20.1 Å². The lowest BCUT2D eigenvalue weighted by atomic mass is 10.1. The number of aromatic nitrogens is 1. The number of pyridine rings is 1. The van der Waals surface area contributed by atoms with Crippen molar-refractivity contribution in [3.8, 4) is 0 Å². The van der Waals surface area contributed by atoms with Crippen LogP contribution in [0.4, 0.5) is 5.69 Å². The molecule has 2 amide bonds. The monoisotopic (exact) mass is 407 g/mol. The topological polar surface area (TPSA) is 107 Å². The van der Waals surface area contributed by atoms with E-state index < -0.39 is 5.97 Å². The summed E-state index contributed by atoms with van der Waals surface area (Å²) in [6.45, 7) is 0.00742. The zero-order valence-electron chi connectivity index (χ0n) is 16.6. The number of ether oxygens (including phenoxy) is 2. The molecule has 0 aliphatic rings. The maximum atomic E-state index is 12.5. The highest BCUT2D eigenvalue weighted by molar-refractivity contribution is 5.96. The number of nitrogens with zero attached hydrogens (tertiary/aromatic N) is 1. The molecule has 3 rings (SSSR count). The molecule has 2 aromatic carbocycles. The highest BCUT2D eigenvalue weighted by atomic mass is 16.5. The summed E-state index contributed by atoms with van der Waals surface area (Å²) in [4.78, 5) is 40.7. The molecule has 8 heteroatoms. The van der Waals surface area contributed by atoms with Crippen LogP contribution in [0.25, 0.3) is 10.9 Å². The van der Waals surface area contributed by atoms with Gasteiger partial charge in [0, 0.05) is 24.7 Å². The Labute approximate surface area is 173 Å². The number of methoxy groups -OCH3 is 2. The molecular formula is C22H21N3O5. The van der Waals surface area contributed by atoms with E-state index in [9.17, 15) is 14.4 Å². The third-order valence-electron chi connectivity index (χ3n) is 4.26. The van der Waals surface area contributed by atoms with E-state index in [1.165, 1.54) is 20.3 Å². The van der Waals surface area contributed by atoms with Gasteiger partial charge in [-0.2, -0.15) is 0 Å². The van der Waals surface area contributed by atoms with E-state index >= 15 is 0 Å². The number of carbonyl (C=O) groups excluding carboxylic acids is 3. The van der Waals surface area contributed by atoms with Crippen LogP contribution in [0.15, 0.2) is 54.6 Å². The molecule has 0 radical (unpaired) electrons. The molecule has 0 spiro atoms. The van der Waals surface area contributed by atoms with Gasteiger partial charge in [-0.05, 0) is 35.9 Å². The summed E-state index contributed by atoms with van der Waals surface area (Å²) in [5.74, 6) is -1.27. The van der Waals surface area contributed by atoms with Gasteiger partial charge in [-0.1, -0.05) is 24.3 Å². The van der Waals surface area contributed by atoms with E-state index in [4.69, 9.17) is 9.47 Å². The fourth-order valence-corrected chi connectivity index (χ4v) is 2.90. The van der Waals surface area contributed by atoms with Gasteiger partial charge in [0.1, 0.15) is 12.3 Å². The second-order valence-electron chi connectivity index (χ2n) is 6.46. The van der Waals surface area contributed by atoms with Crippen molar-refractivity contribution < 1.29 is 23.9 Å². The first-order chi connectivity index (χ1) is 14.5. The number of hydrogen-bond acceptors (Lipinski definition) is 6. The number of rotatable bonds is 7. The van der Waals surface area contributed by atoms with E-state index in [-0.39, 0.29) is 36.2 Å². The maximum Gasteiger partial charge on any atom is 0.337 e. The number of carbonyl (C=O) groups is 3. The Bertz CT molecular complexity index is 1100. The smallest absolute Gasteiger partial charge is 0.337 e. The molecule has 0 saturated carbocycles. The first-order valence-corrected chi connectivity index (χ1v) is 9.15. The predicted molar refractivity (Wildman–Crippen MR) is 111 cm³/mol. The normalized spacial score (nSPS) is 10.5. The number of amides is 2. The van der Waals surface area contributed by atoms with Crippen LogP contribution in [-0.2, 0) is 20.8 Å². The molecular weight excluding hydrogens is 386 g/mol. The molecule has 1 heterocycles. The number of benzene rings is 2. The number of esters is 1. The van der Waals surface area contributed by atoms with Crippen LogP contribution in [0.5, 0.6) is 0 Å². The first-order valence-electron chi connectivity index (χ1n) is 9.15. The van der Waals surface area contributed by atoms with Crippen molar-refractivity contribution >= 4 is 34.4 Å². The largest absolute Gasteiger partial charge is 0.465 e. The lowest BCUT2D eigenvalue weighted by molar-refractivity contribution is -0.119. The third kappa shape index (κ3) is 5.18. The van der Waals surface area contributed by atoms with Gasteiger partial charge in [0.05, 0.1) is 18.2 Å². The Morgan fingerprint density at radius 3 is 2.57 bits per heavy atom. The van der Waals surface area contributed by atoms with Crippen molar-refractivity contribution in [3.05, 3.63) is 71.4 Å². The molecule has 0 atom stereocenters. The minimum Gasteiger partial charge on any atom is -0.465 e. The van der Waals surface area contributed by atoms with Gasteiger partial charge in [0.2, 0.25) is 5.91 Å². The highest BCUT2D eigenvalue weighted by Gasteiger charge is 2.13. The van der Waals surface area contributed by atoms with E-state index in [1.807, 2.05) is 30.3 Å². The average molecular weight is 407 g/mol. The standard InChI is InChI=1S/C22H21N3O5/c1-29-13-20(26)24-17-10-14(9-16(11-17)22(28)30-2)12-23-21(27)19-8-7-15-5-3-4-6-18(15)25-19/h3-11H,12-13H2,1-2H3,(H,23,27)(H,24,26). The van der Waals surface area contributed by atoms with Crippen LogP contribution in [0.3, 0.4) is 0 Å². The number of anilines is 1. The molecule has 0 fully saturated rings. The van der Waals surface area contributed by atoms with Gasteiger partial charge in [-0.25, -0.2) is 9.78 Å². The number of para-hydroxylation sites is 1. The summed E-state index contributed by atoms with van der Waals surface area (Å²) in [6.07, 6.45) is 0. The predicted octanol–water partition coefficient (Wildman–Crippen LogP) is 2.54. The van der Waals surface area contributed by atoms with Crippen molar-refractivity contribution in [1.29, 1.82) is 0 Å². The van der Waals surface area contributed by atoms with Crippen molar-refractivity contribution in [3.63, 3.8) is 0 Å². The van der Waals surface area contributed by atoms with Crippen molar-refractivity contribution in [1.82, 2.24) is 10.3 Å². The number of fused-ring (bicyclic) bond motifs is 1. The Morgan fingerprint density at radius 1 is 1.00 bits per heavy atom. The number of nitrogens with one attached hydrogen (secondary N) is 2. The fraction of sp³-hybridized carbons (Fsp3) is 0.182. The van der Waals surface area contributed by atoms with E-state index in [0.29, 0.717) is 11.3 Å². The Morgan fingerprint density at radius 2 is 1.80 bits per heavy atom. The summed E-state index contributed by atoms with van der Waals surface area (Å²) in [6, 6.07) is 15.7. The first kappa shape index (κ1) is 20.9. The molecule has 154 valence electrons. The zero-order chi connectivity index (χ0) is 21.5. The van der Waals surface area contributed by atoms with Crippen LogP contribution >= 0.6 is 0 Å². The summed E-state index contributed by atoms with van der Waals surface area (Å²) in [5, 5.41) is 6.37. The van der Waals surface area contributed by atoms with Gasteiger partial charge in [0.15, 0.2) is 0 Å². The van der Waals surface area contributed by atoms with E-state index in [2.05, 4.69) is 15.6 Å². The minimum atomic E-state index is -0.554. The SMILES string of the molecule is COCC(=O)Nc1cc(CNC(=O)c2ccc3ccccc3n2)cc(C(=O)OC)c1. The Balaban J connectivity index is 1.77. The van der Waals surface area contributed by atoms with Crippen molar-refractivity contribution in [2.45, 2.75) is 6.54 Å². The quantitative estimate of drug-likeness (QED) is 0.583. The molecule has 1 aromatic heterocycles. The average Bonchev–Trinajstić information content (AvgIpc) is 2.76. The van der Waals surface area contributed by atoms with Gasteiger partial charge in [-0.15, -0.1) is 0 Å². The second-order valence-corrected chi connectivity index (χ2v) is 6.46. The minimum absolute atomic E-state index is 0.123. The number of hydrogen-bond donors (Lipinski definition) is 2. The van der Waals surface area contributed by atoms with Crippen LogP contribution in [-0.4, -0.2) is 43.6 Å². The van der Waals surface area contributed by atoms with Crippen LogP contribution in [0, 0.1) is 0 Å². The van der Waals surface area contributed by atoms with Gasteiger partial charge in [-0.3, -0.25) is 9.59 Å². The molecule has 0 aliphatic heterocycles.